The van der Waals surface area contributed by atoms with Crippen molar-refractivity contribution in [1.29, 1.82) is 0 Å². The highest BCUT2D eigenvalue weighted by Crippen LogP contribution is 2.30. The minimum atomic E-state index is -0.427. The van der Waals surface area contributed by atoms with Gasteiger partial charge in [-0.1, -0.05) is 30.3 Å². The van der Waals surface area contributed by atoms with Gasteiger partial charge in [0.25, 0.3) is 5.91 Å². The Kier molecular flexibility index (Phi) is 6.64. The van der Waals surface area contributed by atoms with E-state index in [0.29, 0.717) is 30.1 Å². The van der Waals surface area contributed by atoms with Crippen LogP contribution in [-0.4, -0.2) is 33.5 Å². The summed E-state index contributed by atoms with van der Waals surface area (Å²) in [5, 5.41) is 16.4. The molecule has 3 aromatic rings. The Morgan fingerprint density at radius 1 is 1.00 bits per heavy atom. The molecule has 0 spiro atoms. The number of hydrogen-bond donors (Lipinski definition) is 3. The van der Waals surface area contributed by atoms with Crippen LogP contribution in [0.3, 0.4) is 0 Å². The maximum absolute atomic E-state index is 12.2. The largest absolute Gasteiger partial charge is 0.351 e. The molecule has 0 saturated heterocycles. The summed E-state index contributed by atoms with van der Waals surface area (Å²) in [5.74, 6) is -0.673. The molecule has 3 N–H and O–H groups in total. The first-order valence-corrected chi connectivity index (χ1v) is 10.1. The van der Waals surface area contributed by atoms with E-state index in [2.05, 4.69) is 15.3 Å². The van der Waals surface area contributed by atoms with Gasteiger partial charge in [0, 0.05) is 29.3 Å². The normalized spacial score (nSPS) is 10.6. The Morgan fingerprint density at radius 3 is 2.52 bits per heavy atom. The van der Waals surface area contributed by atoms with Gasteiger partial charge in [-0.25, -0.2) is 15.4 Å². The zero-order valence-corrected chi connectivity index (χ0v) is 16.0. The van der Waals surface area contributed by atoms with Gasteiger partial charge in [-0.3, -0.25) is 14.8 Å². The van der Waals surface area contributed by atoms with Crippen molar-refractivity contribution in [2.45, 2.75) is 19.3 Å². The van der Waals surface area contributed by atoms with E-state index in [9.17, 15) is 9.59 Å². The third-order valence-electron chi connectivity index (χ3n) is 3.73. The molecule has 0 fully saturated rings. The van der Waals surface area contributed by atoms with E-state index in [1.54, 1.807) is 10.9 Å². The van der Waals surface area contributed by atoms with Crippen molar-refractivity contribution in [2.75, 3.05) is 6.54 Å². The van der Waals surface area contributed by atoms with Crippen molar-refractivity contribution in [3.8, 4) is 21.3 Å². The Bertz CT molecular complexity index is 908. The molecule has 27 heavy (non-hydrogen) atoms. The van der Waals surface area contributed by atoms with Crippen LogP contribution in [0.5, 0.6) is 0 Å². The second kappa shape index (κ2) is 9.36. The summed E-state index contributed by atoms with van der Waals surface area (Å²) in [4.78, 5) is 32.1. The third-order valence-corrected chi connectivity index (χ3v) is 5.56. The first-order valence-electron chi connectivity index (χ1n) is 8.35. The molecule has 1 aromatic carbocycles. The number of carbonyl (C=O) groups excluding carboxylic acids is 2. The van der Waals surface area contributed by atoms with Crippen molar-refractivity contribution in [2.24, 2.45) is 0 Å². The van der Waals surface area contributed by atoms with Gasteiger partial charge in [0.05, 0.1) is 5.69 Å². The van der Waals surface area contributed by atoms with E-state index in [-0.39, 0.29) is 12.3 Å². The number of hydroxylamine groups is 1. The average molecular weight is 403 g/mol. The summed E-state index contributed by atoms with van der Waals surface area (Å²) in [5.41, 5.74) is 3.88. The zero-order valence-electron chi connectivity index (χ0n) is 14.3. The molecule has 0 saturated carbocycles. The summed E-state index contributed by atoms with van der Waals surface area (Å²) < 4.78 is 0. The fraction of sp³-hybridized carbons (Fsp3) is 0.222. The van der Waals surface area contributed by atoms with Crippen LogP contribution in [0.15, 0.2) is 41.1 Å². The molecular weight excluding hydrogens is 384 g/mol. The van der Waals surface area contributed by atoms with Crippen molar-refractivity contribution >= 4 is 34.5 Å². The van der Waals surface area contributed by atoms with Crippen LogP contribution >= 0.6 is 22.7 Å². The summed E-state index contributed by atoms with van der Waals surface area (Å²) in [6, 6.07) is 9.91. The first kappa shape index (κ1) is 19.2. The fourth-order valence-corrected chi connectivity index (χ4v) is 4.03. The SMILES string of the molecule is O=C(CCCCNC(=O)c1csc(-c2nc(-c3ccccc3)cs2)n1)NO. The van der Waals surface area contributed by atoms with E-state index in [1.165, 1.54) is 22.7 Å². The standard InChI is InChI=1S/C18H18N4O3S2/c23-15(22-25)8-4-5-9-19-16(24)14-11-27-18(21-14)17-20-13(10-26-17)12-6-2-1-3-7-12/h1-3,6-7,10-11,25H,4-5,8-9H2,(H,19,24)(H,22,23). The lowest BCUT2D eigenvalue weighted by molar-refractivity contribution is -0.129. The molecule has 0 radical (unpaired) electrons. The van der Waals surface area contributed by atoms with Crippen LogP contribution in [-0.2, 0) is 4.79 Å². The van der Waals surface area contributed by atoms with Crippen LogP contribution in [0, 0.1) is 0 Å². The van der Waals surface area contributed by atoms with Crippen LogP contribution in [0.25, 0.3) is 21.3 Å². The second-order valence-corrected chi connectivity index (χ2v) is 7.41. The molecule has 2 aromatic heterocycles. The molecule has 140 valence electrons. The molecule has 3 rings (SSSR count). The summed E-state index contributed by atoms with van der Waals surface area (Å²) in [6.07, 6.45) is 1.44. The molecule has 0 aliphatic heterocycles. The van der Waals surface area contributed by atoms with E-state index in [4.69, 9.17) is 5.21 Å². The Labute approximate surface area is 164 Å². The van der Waals surface area contributed by atoms with E-state index in [0.717, 1.165) is 16.3 Å². The Hall–Kier alpha value is -2.62. The van der Waals surface area contributed by atoms with Gasteiger partial charge in [0.15, 0.2) is 10.0 Å². The molecular formula is C18H18N4O3S2. The monoisotopic (exact) mass is 402 g/mol. The summed E-state index contributed by atoms with van der Waals surface area (Å²) in [7, 11) is 0. The highest BCUT2D eigenvalue weighted by molar-refractivity contribution is 7.20. The number of unbranched alkanes of at least 4 members (excludes halogenated alkanes) is 1. The molecule has 9 heteroatoms. The van der Waals surface area contributed by atoms with Gasteiger partial charge in [0.1, 0.15) is 5.69 Å². The van der Waals surface area contributed by atoms with Crippen LogP contribution < -0.4 is 10.8 Å². The smallest absolute Gasteiger partial charge is 0.270 e. The number of thiazole rings is 2. The minimum absolute atomic E-state index is 0.223. The molecule has 0 aliphatic rings. The van der Waals surface area contributed by atoms with Crippen molar-refractivity contribution < 1.29 is 14.8 Å². The molecule has 2 amide bonds. The van der Waals surface area contributed by atoms with Gasteiger partial charge >= 0.3 is 0 Å². The Balaban J connectivity index is 1.54. The summed E-state index contributed by atoms with van der Waals surface area (Å²) in [6.45, 7) is 0.444. The van der Waals surface area contributed by atoms with Crippen LogP contribution in [0.2, 0.25) is 0 Å². The number of aromatic nitrogens is 2. The lowest BCUT2D eigenvalue weighted by Gasteiger charge is -2.02. The Morgan fingerprint density at radius 2 is 1.74 bits per heavy atom. The predicted octanol–water partition coefficient (Wildman–Crippen LogP) is 3.34. The highest BCUT2D eigenvalue weighted by atomic mass is 32.1. The number of nitrogens with one attached hydrogen (secondary N) is 2. The molecule has 0 bridgehead atoms. The maximum atomic E-state index is 12.2. The second-order valence-electron chi connectivity index (χ2n) is 5.69. The van der Waals surface area contributed by atoms with E-state index in [1.807, 2.05) is 35.7 Å². The van der Waals surface area contributed by atoms with Gasteiger partial charge < -0.3 is 5.32 Å². The lowest BCUT2D eigenvalue weighted by Crippen LogP contribution is -2.25. The number of nitrogens with zero attached hydrogens (tertiary/aromatic N) is 2. The minimum Gasteiger partial charge on any atom is -0.351 e. The average Bonchev–Trinajstić information content (AvgIpc) is 3.37. The molecule has 0 unspecified atom stereocenters. The highest BCUT2D eigenvalue weighted by Gasteiger charge is 2.14. The topological polar surface area (TPSA) is 104 Å². The van der Waals surface area contributed by atoms with Gasteiger partial charge in [-0.05, 0) is 12.8 Å². The first-order chi connectivity index (χ1) is 13.2. The number of carbonyl (C=O) groups is 2. The van der Waals surface area contributed by atoms with Gasteiger partial charge in [-0.2, -0.15) is 0 Å². The lowest BCUT2D eigenvalue weighted by atomic mass is 10.2. The molecule has 7 nitrogen and oxygen atoms in total. The third kappa shape index (κ3) is 5.19. The number of hydrogen-bond acceptors (Lipinski definition) is 7. The maximum Gasteiger partial charge on any atom is 0.270 e. The van der Waals surface area contributed by atoms with Gasteiger partial charge in [0.2, 0.25) is 5.91 Å². The summed E-state index contributed by atoms with van der Waals surface area (Å²) >= 11 is 2.88. The van der Waals surface area contributed by atoms with Crippen molar-refractivity contribution in [3.63, 3.8) is 0 Å². The number of amides is 2. The molecule has 0 atom stereocenters. The van der Waals surface area contributed by atoms with E-state index < -0.39 is 5.91 Å². The predicted molar refractivity (Wildman–Crippen MR) is 105 cm³/mol. The molecule has 0 aliphatic carbocycles. The van der Waals surface area contributed by atoms with Crippen molar-refractivity contribution in [1.82, 2.24) is 20.8 Å². The van der Waals surface area contributed by atoms with Crippen LogP contribution in [0.1, 0.15) is 29.8 Å². The molecule has 2 heterocycles. The quantitative estimate of drug-likeness (QED) is 0.305. The van der Waals surface area contributed by atoms with Gasteiger partial charge in [-0.15, -0.1) is 22.7 Å². The fourth-order valence-electron chi connectivity index (χ4n) is 2.35. The van der Waals surface area contributed by atoms with Crippen molar-refractivity contribution in [3.05, 3.63) is 46.8 Å². The number of benzene rings is 1. The zero-order chi connectivity index (χ0) is 19.1. The van der Waals surface area contributed by atoms with E-state index >= 15 is 0 Å². The number of rotatable bonds is 8. The van der Waals surface area contributed by atoms with Crippen LogP contribution in [0.4, 0.5) is 0 Å².